The Labute approximate surface area is 77.8 Å². The Hall–Kier alpha value is -0.410. The molecule has 1 atom stereocenters. The van der Waals surface area contributed by atoms with Gasteiger partial charge in [0.1, 0.15) is 5.01 Å². The number of aromatic nitrogens is 1. The van der Waals surface area contributed by atoms with Crippen molar-refractivity contribution < 1.29 is 0 Å². The number of thiazole rings is 1. The van der Waals surface area contributed by atoms with E-state index in [0.29, 0.717) is 0 Å². The van der Waals surface area contributed by atoms with E-state index in [1.165, 1.54) is 0 Å². The molecule has 0 aliphatic rings. The number of hydrogen-bond donors (Lipinski definition) is 1. The lowest BCUT2D eigenvalue weighted by Crippen LogP contribution is -2.31. The van der Waals surface area contributed by atoms with Crippen LogP contribution < -0.4 is 5.73 Å². The normalized spacial score (nSPS) is 16.0. The summed E-state index contributed by atoms with van der Waals surface area (Å²) in [5, 5.41) is 3.15. The van der Waals surface area contributed by atoms with E-state index in [4.69, 9.17) is 5.73 Å². The zero-order valence-electron chi connectivity index (χ0n) is 7.92. The summed E-state index contributed by atoms with van der Waals surface area (Å²) in [6, 6.07) is 0. The highest BCUT2D eigenvalue weighted by Crippen LogP contribution is 2.24. The third kappa shape index (κ3) is 1.84. The fraction of sp³-hybridized carbons (Fsp3) is 0.667. The first kappa shape index (κ1) is 9.68. The minimum atomic E-state index is -0.238. The summed E-state index contributed by atoms with van der Waals surface area (Å²) in [6.45, 7) is 6.23. The van der Waals surface area contributed by atoms with Gasteiger partial charge in [0.25, 0.3) is 0 Å². The van der Waals surface area contributed by atoms with Gasteiger partial charge in [0, 0.05) is 5.38 Å². The van der Waals surface area contributed by atoms with Gasteiger partial charge in [0.2, 0.25) is 0 Å². The Morgan fingerprint density at radius 2 is 2.25 bits per heavy atom. The highest BCUT2D eigenvalue weighted by molar-refractivity contribution is 7.09. The lowest BCUT2D eigenvalue weighted by Gasteiger charge is -2.18. The van der Waals surface area contributed by atoms with Crippen molar-refractivity contribution in [3.63, 3.8) is 0 Å². The van der Waals surface area contributed by atoms with Crippen LogP contribution in [-0.2, 0) is 12.0 Å². The van der Waals surface area contributed by atoms with Gasteiger partial charge in [-0.1, -0.05) is 13.8 Å². The molecule has 2 nitrogen and oxygen atoms in total. The molecular weight excluding hydrogens is 168 g/mol. The summed E-state index contributed by atoms with van der Waals surface area (Å²) in [4.78, 5) is 4.46. The quantitative estimate of drug-likeness (QED) is 0.782. The second-order valence-corrected chi connectivity index (χ2v) is 4.13. The van der Waals surface area contributed by atoms with E-state index in [1.807, 2.05) is 6.92 Å². The zero-order chi connectivity index (χ0) is 9.19. The Morgan fingerprint density at radius 1 is 1.58 bits per heavy atom. The smallest absolute Gasteiger partial charge is 0.112 e. The van der Waals surface area contributed by atoms with Crippen LogP contribution in [0.4, 0.5) is 0 Å². The van der Waals surface area contributed by atoms with Crippen LogP contribution in [0.5, 0.6) is 0 Å². The molecule has 1 unspecified atom stereocenters. The van der Waals surface area contributed by atoms with E-state index in [2.05, 4.69) is 24.2 Å². The van der Waals surface area contributed by atoms with E-state index >= 15 is 0 Å². The fourth-order valence-electron chi connectivity index (χ4n) is 0.883. The molecule has 0 aromatic carbocycles. The largest absolute Gasteiger partial charge is 0.320 e. The maximum absolute atomic E-state index is 6.05. The molecule has 2 N–H and O–H groups in total. The van der Waals surface area contributed by atoms with Gasteiger partial charge < -0.3 is 5.73 Å². The molecule has 1 aromatic rings. The van der Waals surface area contributed by atoms with Crippen molar-refractivity contribution in [3.05, 3.63) is 16.1 Å². The van der Waals surface area contributed by atoms with Gasteiger partial charge in [0.15, 0.2) is 0 Å². The second-order valence-electron chi connectivity index (χ2n) is 3.27. The van der Waals surface area contributed by atoms with Crippen LogP contribution in [0.25, 0.3) is 0 Å². The van der Waals surface area contributed by atoms with Crippen LogP contribution in [0.2, 0.25) is 0 Å². The van der Waals surface area contributed by atoms with Crippen molar-refractivity contribution in [2.75, 3.05) is 0 Å². The van der Waals surface area contributed by atoms with Crippen LogP contribution in [0, 0.1) is 0 Å². The van der Waals surface area contributed by atoms with Crippen molar-refractivity contribution in [1.82, 2.24) is 4.98 Å². The molecule has 0 aliphatic carbocycles. The van der Waals surface area contributed by atoms with Gasteiger partial charge >= 0.3 is 0 Å². The van der Waals surface area contributed by atoms with Crippen LogP contribution in [0.1, 0.15) is 37.9 Å². The van der Waals surface area contributed by atoms with Crippen LogP contribution in [-0.4, -0.2) is 4.98 Å². The molecule has 0 spiro atoms. The summed E-state index contributed by atoms with van der Waals surface area (Å²) in [6.07, 6.45) is 1.93. The topological polar surface area (TPSA) is 38.9 Å². The zero-order valence-corrected chi connectivity index (χ0v) is 8.74. The summed E-state index contributed by atoms with van der Waals surface area (Å²) >= 11 is 1.67. The lowest BCUT2D eigenvalue weighted by molar-refractivity contribution is 0.472. The molecule has 12 heavy (non-hydrogen) atoms. The minimum Gasteiger partial charge on any atom is -0.320 e. The van der Waals surface area contributed by atoms with Crippen LogP contribution in [0.15, 0.2) is 5.38 Å². The molecule has 0 saturated heterocycles. The van der Waals surface area contributed by atoms with E-state index in [1.54, 1.807) is 11.3 Å². The molecule has 1 heterocycles. The summed E-state index contributed by atoms with van der Waals surface area (Å²) in [7, 11) is 0. The number of nitrogens with zero attached hydrogens (tertiary/aromatic N) is 1. The molecular formula is C9H16N2S. The first-order valence-corrected chi connectivity index (χ1v) is 5.22. The minimum absolute atomic E-state index is 0.238. The molecule has 1 rings (SSSR count). The predicted molar refractivity (Wildman–Crippen MR) is 53.3 cm³/mol. The standard InChI is InChI=1S/C9H16N2S/c1-4-7-6-12-8(11-7)9(3,10)5-2/h6H,4-5,10H2,1-3H3. The molecule has 0 fully saturated rings. The predicted octanol–water partition coefficient (Wildman–Crippen LogP) is 2.29. The van der Waals surface area contributed by atoms with Gasteiger partial charge in [-0.3, -0.25) is 0 Å². The second kappa shape index (κ2) is 3.54. The average Bonchev–Trinajstić information content (AvgIpc) is 2.52. The molecule has 0 amide bonds. The molecule has 68 valence electrons. The van der Waals surface area contributed by atoms with Crippen molar-refractivity contribution in [3.8, 4) is 0 Å². The van der Waals surface area contributed by atoms with Crippen molar-refractivity contribution in [2.24, 2.45) is 5.73 Å². The van der Waals surface area contributed by atoms with Crippen molar-refractivity contribution in [2.45, 2.75) is 39.2 Å². The van der Waals surface area contributed by atoms with E-state index in [9.17, 15) is 0 Å². The van der Waals surface area contributed by atoms with Crippen molar-refractivity contribution >= 4 is 11.3 Å². The van der Waals surface area contributed by atoms with E-state index in [0.717, 1.165) is 23.5 Å². The number of aryl methyl sites for hydroxylation is 1. The van der Waals surface area contributed by atoms with Gasteiger partial charge in [-0.05, 0) is 19.8 Å². The van der Waals surface area contributed by atoms with Gasteiger partial charge in [0.05, 0.1) is 11.2 Å². The van der Waals surface area contributed by atoms with Crippen molar-refractivity contribution in [1.29, 1.82) is 0 Å². The number of hydrogen-bond acceptors (Lipinski definition) is 3. The van der Waals surface area contributed by atoms with E-state index < -0.39 is 0 Å². The first-order chi connectivity index (χ1) is 5.60. The Bertz CT molecular complexity index is 253. The van der Waals surface area contributed by atoms with Gasteiger partial charge in [-0.25, -0.2) is 4.98 Å². The molecule has 1 aromatic heterocycles. The van der Waals surface area contributed by atoms with Crippen LogP contribution in [0.3, 0.4) is 0 Å². The van der Waals surface area contributed by atoms with Gasteiger partial charge in [-0.2, -0.15) is 0 Å². The monoisotopic (exact) mass is 184 g/mol. The van der Waals surface area contributed by atoms with Gasteiger partial charge in [-0.15, -0.1) is 11.3 Å². The third-order valence-electron chi connectivity index (χ3n) is 2.14. The molecule has 0 radical (unpaired) electrons. The molecule has 0 aliphatic heterocycles. The van der Waals surface area contributed by atoms with Crippen LogP contribution >= 0.6 is 11.3 Å². The molecule has 0 saturated carbocycles. The summed E-state index contributed by atoms with van der Waals surface area (Å²) in [5.74, 6) is 0. The molecule has 0 bridgehead atoms. The first-order valence-electron chi connectivity index (χ1n) is 4.34. The average molecular weight is 184 g/mol. The number of nitrogens with two attached hydrogens (primary N) is 1. The molecule has 3 heteroatoms. The third-order valence-corrected chi connectivity index (χ3v) is 3.31. The fourth-order valence-corrected chi connectivity index (χ4v) is 1.93. The Morgan fingerprint density at radius 3 is 2.67 bits per heavy atom. The Balaban J connectivity index is 2.88. The SMILES string of the molecule is CCc1csc(C(C)(N)CC)n1. The summed E-state index contributed by atoms with van der Waals surface area (Å²) in [5.41, 5.74) is 6.97. The highest BCUT2D eigenvalue weighted by atomic mass is 32.1. The lowest BCUT2D eigenvalue weighted by atomic mass is 10.0. The maximum atomic E-state index is 6.05. The van der Waals surface area contributed by atoms with E-state index in [-0.39, 0.29) is 5.54 Å². The Kier molecular flexibility index (Phi) is 2.85. The number of rotatable bonds is 3. The highest BCUT2D eigenvalue weighted by Gasteiger charge is 2.21. The maximum Gasteiger partial charge on any atom is 0.112 e. The summed E-state index contributed by atoms with van der Waals surface area (Å²) < 4.78 is 0.